The SMILES string of the molecule is COC(=O)[C@]1(Sc2ccc(C)cc2)C[C@H](OC(C)=O)[C@@H](N)[C@H]([C@@H](F)[C@@H](CNC(=O)Cc2ccc(-c3ccccc3)cc2)OC(C)=O)O1. The first-order valence-corrected chi connectivity index (χ1v) is 15.9. The third kappa shape index (κ3) is 9.40. The van der Waals surface area contributed by atoms with Crippen molar-refractivity contribution in [1.29, 1.82) is 0 Å². The number of alkyl halides is 1. The molecule has 1 aliphatic heterocycles. The van der Waals surface area contributed by atoms with Crippen LogP contribution in [0.5, 0.6) is 0 Å². The molecule has 4 rings (SSSR count). The number of carbonyl (C=O) groups excluding carboxylic acids is 4. The van der Waals surface area contributed by atoms with Crippen LogP contribution in [0.2, 0.25) is 0 Å². The van der Waals surface area contributed by atoms with Gasteiger partial charge in [-0.05, 0) is 35.7 Å². The van der Waals surface area contributed by atoms with Gasteiger partial charge in [0.2, 0.25) is 10.8 Å². The molecule has 1 aliphatic rings. The summed E-state index contributed by atoms with van der Waals surface area (Å²) in [4.78, 5) is 49.0. The highest BCUT2D eigenvalue weighted by Crippen LogP contribution is 2.45. The van der Waals surface area contributed by atoms with Crippen molar-refractivity contribution in [1.82, 2.24) is 5.32 Å². The van der Waals surface area contributed by atoms with E-state index in [0.29, 0.717) is 4.90 Å². The van der Waals surface area contributed by atoms with Crippen LogP contribution in [0.1, 0.15) is 31.4 Å². The summed E-state index contributed by atoms with van der Waals surface area (Å²) in [6.45, 7) is 3.76. The number of aryl methyl sites for hydroxylation is 1. The van der Waals surface area contributed by atoms with E-state index >= 15 is 4.39 Å². The molecule has 0 aromatic heterocycles. The molecule has 10 nitrogen and oxygen atoms in total. The van der Waals surface area contributed by atoms with Crippen molar-refractivity contribution in [2.75, 3.05) is 13.7 Å². The number of thioether (sulfide) groups is 1. The normalized spacial score (nSPS) is 22.0. The summed E-state index contributed by atoms with van der Waals surface area (Å²) in [5.74, 6) is -2.79. The van der Waals surface area contributed by atoms with Gasteiger partial charge in [-0.25, -0.2) is 9.18 Å². The Morgan fingerprint density at radius 2 is 1.62 bits per heavy atom. The van der Waals surface area contributed by atoms with Crippen molar-refractivity contribution < 1.29 is 42.5 Å². The summed E-state index contributed by atoms with van der Waals surface area (Å²) in [5, 5.41) is 2.63. The van der Waals surface area contributed by atoms with E-state index in [2.05, 4.69) is 5.32 Å². The molecule has 0 aliphatic carbocycles. The van der Waals surface area contributed by atoms with Crippen molar-refractivity contribution in [2.24, 2.45) is 5.73 Å². The van der Waals surface area contributed by atoms with Crippen molar-refractivity contribution in [2.45, 2.75) is 74.0 Å². The Balaban J connectivity index is 1.53. The first kappa shape index (κ1) is 35.6. The van der Waals surface area contributed by atoms with Gasteiger partial charge < -0.3 is 30.0 Å². The van der Waals surface area contributed by atoms with Crippen LogP contribution in [0.3, 0.4) is 0 Å². The topological polar surface area (TPSA) is 143 Å². The largest absolute Gasteiger partial charge is 0.466 e. The second kappa shape index (κ2) is 16.0. The predicted molar refractivity (Wildman–Crippen MR) is 174 cm³/mol. The molecule has 6 atom stereocenters. The Hall–Kier alpha value is -4.26. The van der Waals surface area contributed by atoms with Gasteiger partial charge in [-0.2, -0.15) is 0 Å². The van der Waals surface area contributed by atoms with Crippen LogP contribution in [-0.2, 0) is 44.5 Å². The molecule has 3 N–H and O–H groups in total. The van der Waals surface area contributed by atoms with Crippen LogP contribution >= 0.6 is 11.8 Å². The molecule has 1 amide bonds. The number of halogens is 1. The van der Waals surface area contributed by atoms with Gasteiger partial charge in [0, 0.05) is 25.2 Å². The van der Waals surface area contributed by atoms with Crippen molar-refractivity contribution >= 4 is 35.6 Å². The Bertz CT molecular complexity index is 1540. The lowest BCUT2D eigenvalue weighted by molar-refractivity contribution is -0.202. The van der Waals surface area contributed by atoms with Gasteiger partial charge in [0.05, 0.1) is 26.1 Å². The third-order valence-corrected chi connectivity index (χ3v) is 8.90. The number of hydrogen-bond acceptors (Lipinski definition) is 10. The van der Waals surface area contributed by atoms with Crippen molar-refractivity contribution in [3.63, 3.8) is 0 Å². The quantitative estimate of drug-likeness (QED) is 0.212. The number of hydrogen-bond donors (Lipinski definition) is 2. The lowest BCUT2D eigenvalue weighted by atomic mass is 9.90. The molecule has 0 unspecified atom stereocenters. The average Bonchev–Trinajstić information content (AvgIpc) is 3.05. The minimum absolute atomic E-state index is 0.00851. The Morgan fingerprint density at radius 3 is 2.21 bits per heavy atom. The van der Waals surface area contributed by atoms with Crippen LogP contribution in [0, 0.1) is 6.92 Å². The highest BCUT2D eigenvalue weighted by molar-refractivity contribution is 8.01. The number of methoxy groups -OCH3 is 1. The summed E-state index contributed by atoms with van der Waals surface area (Å²) in [7, 11) is 1.16. The molecule has 0 spiro atoms. The maximum Gasteiger partial charge on any atom is 0.349 e. The molecule has 1 heterocycles. The lowest BCUT2D eigenvalue weighted by Crippen LogP contribution is -2.65. The number of ether oxygens (including phenoxy) is 4. The first-order valence-electron chi connectivity index (χ1n) is 15.1. The summed E-state index contributed by atoms with van der Waals surface area (Å²) in [5.41, 5.74) is 10.1. The lowest BCUT2D eigenvalue weighted by Gasteiger charge is -2.46. The number of nitrogens with one attached hydrogen (secondary N) is 1. The van der Waals surface area contributed by atoms with Crippen LogP contribution in [0.25, 0.3) is 11.1 Å². The molecule has 1 fully saturated rings. The van der Waals surface area contributed by atoms with E-state index in [1.54, 1.807) is 12.1 Å². The molecule has 47 heavy (non-hydrogen) atoms. The summed E-state index contributed by atoms with van der Waals surface area (Å²) < 4.78 is 38.5. The molecular formula is C35H39FN2O8S. The van der Waals surface area contributed by atoms with E-state index < -0.39 is 65.8 Å². The Kier molecular flexibility index (Phi) is 12.1. The van der Waals surface area contributed by atoms with Gasteiger partial charge in [-0.1, -0.05) is 84.1 Å². The van der Waals surface area contributed by atoms with Crippen LogP contribution in [0.4, 0.5) is 4.39 Å². The minimum Gasteiger partial charge on any atom is -0.466 e. The zero-order chi connectivity index (χ0) is 34.1. The maximum absolute atomic E-state index is 16.5. The summed E-state index contributed by atoms with van der Waals surface area (Å²) in [6.07, 6.45) is -6.72. The zero-order valence-electron chi connectivity index (χ0n) is 26.6. The minimum atomic E-state index is -2.15. The fourth-order valence-electron chi connectivity index (χ4n) is 5.31. The second-order valence-corrected chi connectivity index (χ2v) is 12.6. The van der Waals surface area contributed by atoms with Gasteiger partial charge in [0.1, 0.15) is 12.2 Å². The maximum atomic E-state index is 16.5. The van der Waals surface area contributed by atoms with Crippen molar-refractivity contribution in [3.05, 3.63) is 90.0 Å². The van der Waals surface area contributed by atoms with E-state index in [-0.39, 0.29) is 12.8 Å². The number of amides is 1. The molecule has 0 saturated carbocycles. The van der Waals surface area contributed by atoms with E-state index in [1.165, 1.54) is 6.92 Å². The summed E-state index contributed by atoms with van der Waals surface area (Å²) in [6, 6.07) is 23.2. The number of nitrogens with two attached hydrogens (primary N) is 1. The van der Waals surface area contributed by atoms with Gasteiger partial charge in [-0.3, -0.25) is 14.4 Å². The molecule has 0 bridgehead atoms. The highest BCUT2D eigenvalue weighted by Gasteiger charge is 2.57. The fourth-order valence-corrected chi connectivity index (χ4v) is 6.54. The van der Waals surface area contributed by atoms with E-state index in [1.807, 2.05) is 73.7 Å². The molecule has 3 aromatic rings. The molecule has 250 valence electrons. The number of benzene rings is 3. The zero-order valence-corrected chi connectivity index (χ0v) is 27.5. The monoisotopic (exact) mass is 666 g/mol. The standard InChI is InChI=1S/C35H39FN2O8S/c1-21-10-16-27(17-11-21)47-35(34(42)43-4)19-28(44-22(2)39)32(37)33(46-35)31(36)29(45-23(3)40)20-38-30(41)18-24-12-14-26(15-13-24)25-8-6-5-7-9-25/h5-17,28-29,31-33H,18-20,37H2,1-4H3,(H,38,41)/t28-,29+,31-,32+,33-,35+/m0/s1. The molecule has 0 radical (unpaired) electrons. The second-order valence-electron chi connectivity index (χ2n) is 11.3. The van der Waals surface area contributed by atoms with E-state index in [9.17, 15) is 19.2 Å². The van der Waals surface area contributed by atoms with Gasteiger partial charge >= 0.3 is 17.9 Å². The Morgan fingerprint density at radius 1 is 0.979 bits per heavy atom. The third-order valence-electron chi connectivity index (χ3n) is 7.63. The number of esters is 3. The van der Waals surface area contributed by atoms with Crippen LogP contribution in [0.15, 0.2) is 83.8 Å². The molecular weight excluding hydrogens is 627 g/mol. The smallest absolute Gasteiger partial charge is 0.349 e. The first-order chi connectivity index (χ1) is 22.4. The Labute approximate surface area is 277 Å². The van der Waals surface area contributed by atoms with Gasteiger partial charge in [0.25, 0.3) is 0 Å². The number of rotatable bonds is 12. The molecule has 12 heteroatoms. The molecule has 3 aromatic carbocycles. The number of carbonyl (C=O) groups is 4. The predicted octanol–water partition coefficient (Wildman–Crippen LogP) is 4.30. The molecule has 1 saturated heterocycles. The highest BCUT2D eigenvalue weighted by atomic mass is 32.2. The van der Waals surface area contributed by atoms with E-state index in [4.69, 9.17) is 24.7 Å². The van der Waals surface area contributed by atoms with Crippen molar-refractivity contribution in [3.8, 4) is 11.1 Å². The van der Waals surface area contributed by atoms with Crippen LogP contribution in [-0.4, -0.2) is 72.9 Å². The fraction of sp³-hybridized carbons (Fsp3) is 0.371. The van der Waals surface area contributed by atoms with Gasteiger partial charge in [0.15, 0.2) is 12.3 Å². The van der Waals surface area contributed by atoms with Crippen LogP contribution < -0.4 is 11.1 Å². The van der Waals surface area contributed by atoms with E-state index in [0.717, 1.165) is 48.0 Å². The summed E-state index contributed by atoms with van der Waals surface area (Å²) >= 11 is 0.964. The van der Waals surface area contributed by atoms with Gasteiger partial charge in [-0.15, -0.1) is 0 Å². The average molecular weight is 667 g/mol.